The van der Waals surface area contributed by atoms with E-state index in [2.05, 4.69) is 15.6 Å². The molecule has 1 aliphatic heterocycles. The number of benzene rings is 2. The first-order chi connectivity index (χ1) is 17.8. The summed E-state index contributed by atoms with van der Waals surface area (Å²) in [6, 6.07) is 14.6. The SMILES string of the molecule is COc1ccc(CNC(=O)c2ncn3c2C(=O)N(C2CC2)C(C)(C(=O)NCc2ccccc2Cl)C3)cc1. The van der Waals surface area contributed by atoms with E-state index in [1.165, 1.54) is 6.33 Å². The second-order valence-corrected chi connectivity index (χ2v) is 9.96. The van der Waals surface area contributed by atoms with Crippen LogP contribution in [-0.2, 0) is 24.4 Å². The van der Waals surface area contributed by atoms with Crippen LogP contribution in [0, 0.1) is 0 Å². The third-order valence-electron chi connectivity index (χ3n) is 6.89. The van der Waals surface area contributed by atoms with Gasteiger partial charge in [0.15, 0.2) is 5.69 Å². The summed E-state index contributed by atoms with van der Waals surface area (Å²) in [7, 11) is 1.59. The van der Waals surface area contributed by atoms with E-state index in [-0.39, 0.29) is 48.9 Å². The van der Waals surface area contributed by atoms with Crippen LogP contribution in [-0.4, -0.2) is 50.9 Å². The van der Waals surface area contributed by atoms with Gasteiger partial charge in [0.05, 0.1) is 20.0 Å². The van der Waals surface area contributed by atoms with Crippen molar-refractivity contribution >= 4 is 29.3 Å². The summed E-state index contributed by atoms with van der Waals surface area (Å²) >= 11 is 6.25. The molecule has 3 aromatic rings. The highest BCUT2D eigenvalue weighted by Crippen LogP contribution is 2.39. The normalized spacial score (nSPS) is 18.8. The topological polar surface area (TPSA) is 106 Å². The number of methoxy groups -OCH3 is 1. The van der Waals surface area contributed by atoms with E-state index < -0.39 is 11.4 Å². The summed E-state index contributed by atoms with van der Waals surface area (Å²) in [5, 5.41) is 6.35. The first kappa shape index (κ1) is 24.8. The Bertz CT molecular complexity index is 1350. The molecule has 1 unspecified atom stereocenters. The molecule has 1 atom stereocenters. The third-order valence-corrected chi connectivity index (χ3v) is 7.26. The first-order valence-electron chi connectivity index (χ1n) is 12.1. The highest BCUT2D eigenvalue weighted by molar-refractivity contribution is 6.31. The van der Waals surface area contributed by atoms with Crippen LogP contribution in [0.25, 0.3) is 0 Å². The van der Waals surface area contributed by atoms with Crippen LogP contribution in [0.1, 0.15) is 51.9 Å². The van der Waals surface area contributed by atoms with Crippen molar-refractivity contribution in [1.29, 1.82) is 0 Å². The van der Waals surface area contributed by atoms with Crippen molar-refractivity contribution in [2.45, 2.75) is 51.0 Å². The maximum Gasteiger partial charge on any atom is 0.274 e. The molecule has 0 radical (unpaired) electrons. The molecule has 5 rings (SSSR count). The highest BCUT2D eigenvalue weighted by atomic mass is 35.5. The predicted molar refractivity (Wildman–Crippen MR) is 137 cm³/mol. The van der Waals surface area contributed by atoms with Crippen LogP contribution in [0.3, 0.4) is 0 Å². The van der Waals surface area contributed by atoms with E-state index in [0.29, 0.717) is 5.02 Å². The minimum Gasteiger partial charge on any atom is -0.497 e. The molecule has 2 heterocycles. The lowest BCUT2D eigenvalue weighted by Crippen LogP contribution is -2.64. The zero-order chi connectivity index (χ0) is 26.2. The molecule has 9 nitrogen and oxygen atoms in total. The van der Waals surface area contributed by atoms with Gasteiger partial charge in [-0.3, -0.25) is 14.4 Å². The number of aromatic nitrogens is 2. The number of carbonyl (C=O) groups excluding carboxylic acids is 3. The number of ether oxygens (including phenoxy) is 1. The zero-order valence-electron chi connectivity index (χ0n) is 20.7. The Morgan fingerprint density at radius 1 is 1.11 bits per heavy atom. The van der Waals surface area contributed by atoms with Gasteiger partial charge in [-0.25, -0.2) is 4.98 Å². The molecule has 1 aromatic heterocycles. The Balaban J connectivity index is 1.34. The number of fused-ring (bicyclic) bond motifs is 1. The molecule has 1 aliphatic carbocycles. The van der Waals surface area contributed by atoms with Gasteiger partial charge in [-0.2, -0.15) is 0 Å². The van der Waals surface area contributed by atoms with E-state index >= 15 is 0 Å². The number of nitrogens with one attached hydrogen (secondary N) is 2. The lowest BCUT2D eigenvalue weighted by molar-refractivity contribution is -0.133. The van der Waals surface area contributed by atoms with Gasteiger partial charge < -0.3 is 24.8 Å². The van der Waals surface area contributed by atoms with E-state index in [9.17, 15) is 14.4 Å². The minimum atomic E-state index is -1.13. The molecular formula is C27H28ClN5O4. The van der Waals surface area contributed by atoms with Gasteiger partial charge in [0.2, 0.25) is 5.91 Å². The Hall–Kier alpha value is -3.85. The summed E-state index contributed by atoms with van der Waals surface area (Å²) in [6.45, 7) is 2.48. The molecule has 192 valence electrons. The van der Waals surface area contributed by atoms with Gasteiger partial charge in [0, 0.05) is 24.2 Å². The van der Waals surface area contributed by atoms with Crippen LogP contribution >= 0.6 is 11.6 Å². The Morgan fingerprint density at radius 3 is 2.51 bits per heavy atom. The molecule has 37 heavy (non-hydrogen) atoms. The maximum atomic E-state index is 13.7. The van der Waals surface area contributed by atoms with Crippen LogP contribution < -0.4 is 15.4 Å². The van der Waals surface area contributed by atoms with Crippen molar-refractivity contribution in [2.75, 3.05) is 7.11 Å². The van der Waals surface area contributed by atoms with E-state index in [1.807, 2.05) is 42.5 Å². The van der Waals surface area contributed by atoms with Crippen LogP contribution in [0.5, 0.6) is 5.75 Å². The minimum absolute atomic E-state index is 0.0533. The van der Waals surface area contributed by atoms with Crippen LogP contribution in [0.15, 0.2) is 54.9 Å². The first-order valence-corrected chi connectivity index (χ1v) is 12.5. The zero-order valence-corrected chi connectivity index (χ0v) is 21.4. The summed E-state index contributed by atoms with van der Waals surface area (Å²) in [4.78, 5) is 46.1. The number of hydrogen-bond donors (Lipinski definition) is 2. The molecule has 0 spiro atoms. The second kappa shape index (κ2) is 9.89. The molecule has 1 fully saturated rings. The highest BCUT2D eigenvalue weighted by Gasteiger charge is 2.53. The number of rotatable bonds is 8. The van der Waals surface area contributed by atoms with Crippen molar-refractivity contribution in [3.05, 3.63) is 82.4 Å². The molecule has 0 saturated heterocycles. The largest absolute Gasteiger partial charge is 0.497 e. The molecule has 2 aromatic carbocycles. The van der Waals surface area contributed by atoms with E-state index in [0.717, 1.165) is 29.7 Å². The van der Waals surface area contributed by atoms with E-state index in [1.54, 1.807) is 29.6 Å². The Morgan fingerprint density at radius 2 is 1.84 bits per heavy atom. The number of nitrogens with zero attached hydrogens (tertiary/aromatic N) is 3. The predicted octanol–water partition coefficient (Wildman–Crippen LogP) is 3.17. The fourth-order valence-corrected chi connectivity index (χ4v) is 4.94. The van der Waals surface area contributed by atoms with Crippen molar-refractivity contribution in [3.63, 3.8) is 0 Å². The van der Waals surface area contributed by atoms with Crippen LogP contribution in [0.4, 0.5) is 0 Å². The fraction of sp³-hybridized carbons (Fsp3) is 0.333. The molecular weight excluding hydrogens is 494 g/mol. The van der Waals surface area contributed by atoms with Crippen molar-refractivity contribution in [1.82, 2.24) is 25.1 Å². The molecule has 1 saturated carbocycles. The fourth-order valence-electron chi connectivity index (χ4n) is 4.74. The average molecular weight is 522 g/mol. The Labute approximate surface area is 219 Å². The summed E-state index contributed by atoms with van der Waals surface area (Å²) in [5.74, 6) is -0.364. The number of imidazole rings is 1. The number of amides is 3. The summed E-state index contributed by atoms with van der Waals surface area (Å²) in [5.41, 5.74) is 0.804. The van der Waals surface area contributed by atoms with Crippen molar-refractivity contribution in [2.24, 2.45) is 0 Å². The van der Waals surface area contributed by atoms with Gasteiger partial charge in [0.1, 0.15) is 17.0 Å². The van der Waals surface area contributed by atoms with Gasteiger partial charge in [-0.15, -0.1) is 0 Å². The molecule has 0 bridgehead atoms. The smallest absolute Gasteiger partial charge is 0.274 e. The third kappa shape index (κ3) is 4.79. The average Bonchev–Trinajstić information content (AvgIpc) is 3.64. The number of carbonyl (C=O) groups is 3. The Kier molecular flexibility index (Phi) is 6.64. The van der Waals surface area contributed by atoms with Gasteiger partial charge >= 0.3 is 0 Å². The summed E-state index contributed by atoms with van der Waals surface area (Å²) < 4.78 is 6.77. The number of halogens is 1. The monoisotopic (exact) mass is 521 g/mol. The maximum absolute atomic E-state index is 13.7. The van der Waals surface area contributed by atoms with E-state index in [4.69, 9.17) is 16.3 Å². The molecule has 2 aliphatic rings. The van der Waals surface area contributed by atoms with Gasteiger partial charge in [-0.05, 0) is 49.1 Å². The molecule has 10 heteroatoms. The van der Waals surface area contributed by atoms with Crippen molar-refractivity contribution in [3.8, 4) is 5.75 Å². The standard InChI is InChI=1S/C27H28ClN5O4/c1-27(26(36)30-14-18-5-3-4-6-21(18)28)15-32-16-31-22(23(32)25(35)33(27)19-9-10-19)24(34)29-13-17-7-11-20(37-2)12-8-17/h3-8,11-12,16,19H,9-10,13-15H2,1-2H3,(H,29,34)(H,30,36). The lowest BCUT2D eigenvalue weighted by atomic mass is 9.93. The number of hydrogen-bond acceptors (Lipinski definition) is 5. The molecule has 2 N–H and O–H groups in total. The van der Waals surface area contributed by atoms with Gasteiger partial charge in [0.25, 0.3) is 11.8 Å². The van der Waals surface area contributed by atoms with Crippen LogP contribution in [0.2, 0.25) is 5.02 Å². The second-order valence-electron chi connectivity index (χ2n) is 9.55. The molecule has 3 amide bonds. The lowest BCUT2D eigenvalue weighted by Gasteiger charge is -2.44. The van der Waals surface area contributed by atoms with Gasteiger partial charge in [-0.1, -0.05) is 41.9 Å². The summed E-state index contributed by atoms with van der Waals surface area (Å²) in [6.07, 6.45) is 3.08. The quantitative estimate of drug-likeness (QED) is 0.473. The van der Waals surface area contributed by atoms with Crippen molar-refractivity contribution < 1.29 is 19.1 Å².